The summed E-state index contributed by atoms with van der Waals surface area (Å²) in [6.07, 6.45) is 3.27. The van der Waals surface area contributed by atoms with Crippen LogP contribution in [0.4, 0.5) is 4.39 Å². The molecule has 1 amide bonds. The van der Waals surface area contributed by atoms with Gasteiger partial charge < -0.3 is 4.90 Å². The van der Waals surface area contributed by atoms with Crippen LogP contribution in [0.5, 0.6) is 0 Å². The highest BCUT2D eigenvalue weighted by Gasteiger charge is 2.16. The SMILES string of the molecule is C=CCN(CC=C)C(=O)c1cc(F)ccc1C. The van der Waals surface area contributed by atoms with E-state index in [9.17, 15) is 9.18 Å². The number of carbonyl (C=O) groups is 1. The number of benzene rings is 1. The molecule has 0 aliphatic carbocycles. The Labute approximate surface area is 101 Å². The molecule has 0 radical (unpaired) electrons. The van der Waals surface area contributed by atoms with Crippen molar-refractivity contribution in [2.45, 2.75) is 6.92 Å². The number of nitrogens with zero attached hydrogens (tertiary/aromatic N) is 1. The molecule has 0 saturated carbocycles. The molecule has 2 nitrogen and oxygen atoms in total. The van der Waals surface area contributed by atoms with E-state index >= 15 is 0 Å². The fourth-order valence-electron chi connectivity index (χ4n) is 1.55. The van der Waals surface area contributed by atoms with E-state index in [0.717, 1.165) is 5.56 Å². The number of rotatable bonds is 5. The van der Waals surface area contributed by atoms with Crippen molar-refractivity contribution in [3.8, 4) is 0 Å². The normalized spacial score (nSPS) is 9.76. The van der Waals surface area contributed by atoms with E-state index in [1.807, 2.05) is 0 Å². The Kier molecular flexibility index (Phi) is 4.64. The standard InChI is InChI=1S/C14H16FNO/c1-4-8-16(9-5-2)14(17)13-10-12(15)7-6-11(13)3/h4-7,10H,1-2,8-9H2,3H3. The van der Waals surface area contributed by atoms with Crippen LogP contribution in [0, 0.1) is 12.7 Å². The average Bonchev–Trinajstić information content (AvgIpc) is 2.31. The minimum Gasteiger partial charge on any atom is -0.331 e. The summed E-state index contributed by atoms with van der Waals surface area (Å²) < 4.78 is 13.1. The summed E-state index contributed by atoms with van der Waals surface area (Å²) in [6.45, 7) is 9.81. The molecule has 1 aromatic rings. The lowest BCUT2D eigenvalue weighted by atomic mass is 10.1. The molecule has 0 heterocycles. The zero-order chi connectivity index (χ0) is 12.8. The Morgan fingerprint density at radius 1 is 1.35 bits per heavy atom. The first-order valence-electron chi connectivity index (χ1n) is 5.37. The predicted octanol–water partition coefficient (Wildman–Crippen LogP) is 2.95. The number of amides is 1. The fourth-order valence-corrected chi connectivity index (χ4v) is 1.55. The van der Waals surface area contributed by atoms with Crippen molar-refractivity contribution in [3.05, 3.63) is 60.5 Å². The van der Waals surface area contributed by atoms with Gasteiger partial charge in [0.25, 0.3) is 5.91 Å². The smallest absolute Gasteiger partial charge is 0.254 e. The number of aryl methyl sites for hydroxylation is 1. The number of hydrogen-bond acceptors (Lipinski definition) is 1. The van der Waals surface area contributed by atoms with Crippen molar-refractivity contribution in [3.63, 3.8) is 0 Å². The van der Waals surface area contributed by atoms with Crippen LogP contribution in [0.25, 0.3) is 0 Å². The molecular formula is C14H16FNO. The molecule has 0 bridgehead atoms. The summed E-state index contributed by atoms with van der Waals surface area (Å²) in [7, 11) is 0. The van der Waals surface area contributed by atoms with Crippen molar-refractivity contribution in [2.75, 3.05) is 13.1 Å². The summed E-state index contributed by atoms with van der Waals surface area (Å²) in [5.74, 6) is -0.613. The van der Waals surface area contributed by atoms with Crippen molar-refractivity contribution in [1.82, 2.24) is 4.90 Å². The van der Waals surface area contributed by atoms with Crippen molar-refractivity contribution in [2.24, 2.45) is 0 Å². The van der Waals surface area contributed by atoms with Crippen LogP contribution in [-0.4, -0.2) is 23.9 Å². The van der Waals surface area contributed by atoms with Gasteiger partial charge in [-0.3, -0.25) is 4.79 Å². The molecule has 0 aliphatic heterocycles. The van der Waals surface area contributed by atoms with Crippen LogP contribution in [0.15, 0.2) is 43.5 Å². The van der Waals surface area contributed by atoms with Gasteiger partial charge in [0, 0.05) is 18.7 Å². The van der Waals surface area contributed by atoms with Gasteiger partial charge in [0.15, 0.2) is 0 Å². The first-order chi connectivity index (χ1) is 8.10. The Morgan fingerprint density at radius 2 is 1.94 bits per heavy atom. The van der Waals surface area contributed by atoms with Gasteiger partial charge in [-0.05, 0) is 24.6 Å². The monoisotopic (exact) mass is 233 g/mol. The predicted molar refractivity (Wildman–Crippen MR) is 67.4 cm³/mol. The molecule has 0 unspecified atom stereocenters. The fraction of sp³-hybridized carbons (Fsp3) is 0.214. The molecule has 90 valence electrons. The molecule has 0 N–H and O–H groups in total. The van der Waals surface area contributed by atoms with Gasteiger partial charge in [-0.15, -0.1) is 13.2 Å². The third kappa shape index (κ3) is 3.28. The lowest BCUT2D eigenvalue weighted by molar-refractivity contribution is 0.0789. The van der Waals surface area contributed by atoms with E-state index in [1.165, 1.54) is 12.1 Å². The molecule has 1 rings (SSSR count). The Bertz CT molecular complexity index is 430. The second-order valence-corrected chi connectivity index (χ2v) is 3.75. The third-order valence-corrected chi connectivity index (χ3v) is 2.42. The highest BCUT2D eigenvalue weighted by molar-refractivity contribution is 5.95. The molecular weight excluding hydrogens is 217 g/mol. The van der Waals surface area contributed by atoms with Gasteiger partial charge in [0.2, 0.25) is 0 Å². The molecule has 1 aromatic carbocycles. The van der Waals surface area contributed by atoms with E-state index in [1.54, 1.807) is 30.0 Å². The van der Waals surface area contributed by atoms with Gasteiger partial charge in [0.05, 0.1) is 0 Å². The summed E-state index contributed by atoms with van der Waals surface area (Å²) in [5, 5.41) is 0. The van der Waals surface area contributed by atoms with E-state index in [2.05, 4.69) is 13.2 Å². The quantitative estimate of drug-likeness (QED) is 0.716. The Hall–Kier alpha value is -1.90. The second-order valence-electron chi connectivity index (χ2n) is 3.75. The lowest BCUT2D eigenvalue weighted by Crippen LogP contribution is -2.31. The van der Waals surface area contributed by atoms with Crippen molar-refractivity contribution < 1.29 is 9.18 Å². The number of carbonyl (C=O) groups excluding carboxylic acids is 1. The molecule has 0 spiro atoms. The summed E-state index contributed by atoms with van der Waals surface area (Å²) in [6, 6.07) is 4.21. The molecule has 17 heavy (non-hydrogen) atoms. The van der Waals surface area contributed by atoms with Gasteiger partial charge in [-0.1, -0.05) is 18.2 Å². The molecule has 0 aromatic heterocycles. The maximum atomic E-state index is 13.1. The van der Waals surface area contributed by atoms with Crippen LogP contribution in [0.1, 0.15) is 15.9 Å². The van der Waals surface area contributed by atoms with Crippen LogP contribution in [0.2, 0.25) is 0 Å². The van der Waals surface area contributed by atoms with Crippen molar-refractivity contribution in [1.29, 1.82) is 0 Å². The topological polar surface area (TPSA) is 20.3 Å². The van der Waals surface area contributed by atoms with Crippen LogP contribution in [0.3, 0.4) is 0 Å². The maximum absolute atomic E-state index is 13.1. The van der Waals surface area contributed by atoms with Gasteiger partial charge in [-0.25, -0.2) is 4.39 Å². The summed E-state index contributed by atoms with van der Waals surface area (Å²) >= 11 is 0. The summed E-state index contributed by atoms with van der Waals surface area (Å²) in [4.78, 5) is 13.7. The largest absolute Gasteiger partial charge is 0.331 e. The number of hydrogen-bond donors (Lipinski definition) is 0. The van der Waals surface area contributed by atoms with Crippen LogP contribution >= 0.6 is 0 Å². The van der Waals surface area contributed by atoms with Gasteiger partial charge in [-0.2, -0.15) is 0 Å². The van der Waals surface area contributed by atoms with E-state index < -0.39 is 5.82 Å². The van der Waals surface area contributed by atoms with E-state index in [0.29, 0.717) is 18.7 Å². The molecule has 0 aliphatic rings. The third-order valence-electron chi connectivity index (χ3n) is 2.42. The Balaban J connectivity index is 3.03. The number of halogens is 1. The molecule has 0 saturated heterocycles. The lowest BCUT2D eigenvalue weighted by Gasteiger charge is -2.20. The highest BCUT2D eigenvalue weighted by Crippen LogP contribution is 2.13. The maximum Gasteiger partial charge on any atom is 0.254 e. The molecule has 0 atom stereocenters. The van der Waals surface area contributed by atoms with Crippen molar-refractivity contribution >= 4 is 5.91 Å². The van der Waals surface area contributed by atoms with Gasteiger partial charge in [0.1, 0.15) is 5.82 Å². The first-order valence-corrected chi connectivity index (χ1v) is 5.37. The molecule has 3 heteroatoms. The highest BCUT2D eigenvalue weighted by atomic mass is 19.1. The zero-order valence-corrected chi connectivity index (χ0v) is 9.95. The minimum atomic E-state index is -0.406. The first kappa shape index (κ1) is 13.2. The van der Waals surface area contributed by atoms with Crippen LogP contribution < -0.4 is 0 Å². The molecule has 0 fully saturated rings. The van der Waals surface area contributed by atoms with Gasteiger partial charge >= 0.3 is 0 Å². The van der Waals surface area contributed by atoms with Crippen LogP contribution in [-0.2, 0) is 0 Å². The minimum absolute atomic E-state index is 0.207. The summed E-state index contributed by atoms with van der Waals surface area (Å²) in [5.41, 5.74) is 1.14. The van der Waals surface area contributed by atoms with E-state index in [-0.39, 0.29) is 5.91 Å². The Morgan fingerprint density at radius 3 is 2.47 bits per heavy atom. The second kappa shape index (κ2) is 5.99. The van der Waals surface area contributed by atoms with E-state index in [4.69, 9.17) is 0 Å². The zero-order valence-electron chi connectivity index (χ0n) is 9.95. The average molecular weight is 233 g/mol.